The summed E-state index contributed by atoms with van der Waals surface area (Å²) in [6, 6.07) is 0. The summed E-state index contributed by atoms with van der Waals surface area (Å²) in [5.41, 5.74) is 1.08. The molecule has 0 aromatic heterocycles. The lowest BCUT2D eigenvalue weighted by molar-refractivity contribution is -0.156. The topological polar surface area (TPSA) is 87.0 Å². The van der Waals surface area contributed by atoms with Crippen LogP contribution in [0.2, 0.25) is 0 Å². The Bertz CT molecular complexity index is 668. The Balaban J connectivity index is 2.96. The van der Waals surface area contributed by atoms with Crippen LogP contribution in [0.15, 0.2) is 36.0 Å². The van der Waals surface area contributed by atoms with Crippen molar-refractivity contribution in [3.05, 3.63) is 36.0 Å². The number of ether oxygens (including phenoxy) is 1. The summed E-state index contributed by atoms with van der Waals surface area (Å²) in [4.78, 5) is 12.9. The Morgan fingerprint density at radius 2 is 1.69 bits per heavy atom. The third kappa shape index (κ3) is 14.0. The zero-order chi connectivity index (χ0) is 26.2. The predicted octanol–water partition coefficient (Wildman–Crippen LogP) is 6.27. The van der Waals surface area contributed by atoms with E-state index in [9.17, 15) is 20.1 Å². The quantitative estimate of drug-likeness (QED) is 0.176. The van der Waals surface area contributed by atoms with Crippen molar-refractivity contribution in [2.45, 2.75) is 130 Å². The van der Waals surface area contributed by atoms with Gasteiger partial charge in [0.2, 0.25) is 0 Å². The molecule has 0 spiro atoms. The molecule has 0 aliphatic carbocycles. The van der Waals surface area contributed by atoms with Gasteiger partial charge in [-0.2, -0.15) is 0 Å². The fraction of sp³-hybridized carbons (Fsp3) is 0.767. The third-order valence-electron chi connectivity index (χ3n) is 7.03. The molecule has 7 atom stereocenters. The van der Waals surface area contributed by atoms with E-state index in [1.165, 1.54) is 19.3 Å². The van der Waals surface area contributed by atoms with E-state index in [-0.39, 0.29) is 18.0 Å². The average molecular weight is 493 g/mol. The van der Waals surface area contributed by atoms with E-state index in [4.69, 9.17) is 4.74 Å². The Kier molecular flexibility index (Phi) is 16.2. The highest BCUT2D eigenvalue weighted by atomic mass is 16.5. The minimum Gasteiger partial charge on any atom is -0.458 e. The predicted molar refractivity (Wildman–Crippen MR) is 144 cm³/mol. The molecule has 0 saturated carbocycles. The van der Waals surface area contributed by atoms with E-state index >= 15 is 0 Å². The molecule has 3 N–H and O–H groups in total. The molecule has 35 heavy (non-hydrogen) atoms. The lowest BCUT2D eigenvalue weighted by atomic mass is 9.90. The van der Waals surface area contributed by atoms with Gasteiger partial charge in [-0.05, 0) is 89.5 Å². The van der Waals surface area contributed by atoms with Crippen LogP contribution in [0.4, 0.5) is 0 Å². The van der Waals surface area contributed by atoms with Crippen molar-refractivity contribution in [3.63, 3.8) is 0 Å². The molecule has 5 heteroatoms. The van der Waals surface area contributed by atoms with E-state index in [1.54, 1.807) is 6.92 Å². The highest BCUT2D eigenvalue weighted by molar-refractivity contribution is 5.73. The molecule has 5 nitrogen and oxygen atoms in total. The summed E-state index contributed by atoms with van der Waals surface area (Å²) in [6.45, 7) is 10.1. The van der Waals surface area contributed by atoms with Gasteiger partial charge in [0.25, 0.3) is 0 Å². The molecule has 1 aliphatic heterocycles. The van der Waals surface area contributed by atoms with Crippen molar-refractivity contribution >= 4 is 5.97 Å². The molecule has 1 heterocycles. The zero-order valence-corrected chi connectivity index (χ0v) is 22.9. The number of hydrogen-bond acceptors (Lipinski definition) is 5. The van der Waals surface area contributed by atoms with Crippen molar-refractivity contribution in [3.8, 4) is 0 Å². The monoisotopic (exact) mass is 492 g/mol. The summed E-state index contributed by atoms with van der Waals surface area (Å²) in [5.74, 6) is -0.569. The van der Waals surface area contributed by atoms with E-state index in [0.29, 0.717) is 38.0 Å². The van der Waals surface area contributed by atoms with Gasteiger partial charge in [-0.15, -0.1) is 0 Å². The van der Waals surface area contributed by atoms with Crippen LogP contribution in [-0.2, 0) is 9.53 Å². The highest BCUT2D eigenvalue weighted by Gasteiger charge is 2.28. The maximum absolute atomic E-state index is 12.9. The second kappa shape index (κ2) is 17.9. The first-order chi connectivity index (χ1) is 16.6. The summed E-state index contributed by atoms with van der Waals surface area (Å²) in [5, 5.41) is 31.2. The maximum Gasteiger partial charge on any atom is 0.311 e. The maximum atomic E-state index is 12.9. The molecule has 7 unspecified atom stereocenters. The van der Waals surface area contributed by atoms with Crippen LogP contribution in [0.1, 0.15) is 105 Å². The van der Waals surface area contributed by atoms with Crippen molar-refractivity contribution in [1.29, 1.82) is 0 Å². The number of cyclic esters (lactones) is 1. The fourth-order valence-electron chi connectivity index (χ4n) is 4.47. The number of allylic oxidation sites excluding steroid dienone is 5. The van der Waals surface area contributed by atoms with Gasteiger partial charge >= 0.3 is 5.97 Å². The summed E-state index contributed by atoms with van der Waals surface area (Å²) >= 11 is 0. The van der Waals surface area contributed by atoms with Crippen LogP contribution in [0.3, 0.4) is 0 Å². The summed E-state index contributed by atoms with van der Waals surface area (Å²) in [7, 11) is 0. The average Bonchev–Trinajstić information content (AvgIpc) is 2.80. The molecule has 0 bridgehead atoms. The smallest absolute Gasteiger partial charge is 0.311 e. The Labute approximate surface area is 214 Å². The van der Waals surface area contributed by atoms with Crippen LogP contribution in [-0.4, -0.2) is 45.7 Å². The molecular formula is C30H52O5. The number of aliphatic hydroxyl groups excluding tert-OH is 3. The van der Waals surface area contributed by atoms with Gasteiger partial charge in [-0.25, -0.2) is 0 Å². The van der Waals surface area contributed by atoms with Gasteiger partial charge < -0.3 is 20.1 Å². The number of esters is 1. The number of hydrogen-bond donors (Lipinski definition) is 3. The van der Waals surface area contributed by atoms with Crippen molar-refractivity contribution in [1.82, 2.24) is 0 Å². The lowest BCUT2D eigenvalue weighted by Gasteiger charge is -2.25. The van der Waals surface area contributed by atoms with Crippen LogP contribution < -0.4 is 0 Å². The van der Waals surface area contributed by atoms with Crippen LogP contribution in [0.5, 0.6) is 0 Å². The molecule has 1 rings (SSSR count). The van der Waals surface area contributed by atoms with Crippen molar-refractivity contribution < 1.29 is 24.9 Å². The standard InChI is InChI=1S/C30H52O5/c1-6-7-8-9-11-14-22(2)19-26-20-23(3)15-12-10-13-16-27(31)28(32)18-17-24(4)21-29(33)25(5)30(34)35-26/h10-12,14,19,23-29,31-33H,6-9,13,15-18,20-21H2,1-5H3. The van der Waals surface area contributed by atoms with E-state index in [1.807, 2.05) is 19.9 Å². The van der Waals surface area contributed by atoms with Crippen molar-refractivity contribution in [2.24, 2.45) is 17.8 Å². The number of rotatable bonds is 6. The number of carbonyl (C=O) groups excluding carboxylic acids is 1. The first-order valence-corrected chi connectivity index (χ1v) is 13.9. The third-order valence-corrected chi connectivity index (χ3v) is 7.03. The molecule has 0 fully saturated rings. The van der Waals surface area contributed by atoms with E-state index < -0.39 is 24.2 Å². The van der Waals surface area contributed by atoms with Gasteiger partial charge in [0.15, 0.2) is 0 Å². The minimum absolute atomic E-state index is 0.122. The van der Waals surface area contributed by atoms with Gasteiger partial charge in [-0.3, -0.25) is 4.79 Å². The van der Waals surface area contributed by atoms with Gasteiger partial charge in [0, 0.05) is 0 Å². The van der Waals surface area contributed by atoms with Crippen molar-refractivity contribution in [2.75, 3.05) is 0 Å². The normalized spacial score (nSPS) is 33.3. The molecule has 0 radical (unpaired) electrons. The number of unbranched alkanes of at least 4 members (excludes halogenated alkanes) is 3. The highest BCUT2D eigenvalue weighted by Crippen LogP contribution is 2.23. The first kappa shape index (κ1) is 31.6. The zero-order valence-electron chi connectivity index (χ0n) is 22.9. The van der Waals surface area contributed by atoms with Crippen LogP contribution >= 0.6 is 0 Å². The number of aliphatic hydroxyl groups is 3. The fourth-order valence-corrected chi connectivity index (χ4v) is 4.47. The summed E-state index contributed by atoms with van der Waals surface area (Å²) < 4.78 is 5.92. The molecule has 1 aliphatic rings. The Morgan fingerprint density at radius 3 is 2.40 bits per heavy atom. The molecule has 0 aromatic carbocycles. The molecule has 0 aromatic rings. The second-order valence-electron chi connectivity index (χ2n) is 10.8. The van der Waals surface area contributed by atoms with Gasteiger partial charge in [0.1, 0.15) is 6.10 Å². The van der Waals surface area contributed by atoms with Crippen LogP contribution in [0.25, 0.3) is 0 Å². The SMILES string of the molecule is CCCCCC=CC(C)=CC1CC(C)CC=CCCC(O)C(O)CCC(C)CC(O)C(C)C(=O)O1. The van der Waals surface area contributed by atoms with E-state index in [2.05, 4.69) is 38.2 Å². The van der Waals surface area contributed by atoms with E-state index in [0.717, 1.165) is 24.8 Å². The Hall–Kier alpha value is -1.43. The molecule has 0 saturated heterocycles. The second-order valence-corrected chi connectivity index (χ2v) is 10.8. The number of carbonyl (C=O) groups is 1. The minimum atomic E-state index is -0.803. The van der Waals surface area contributed by atoms with Gasteiger partial charge in [-0.1, -0.05) is 63.5 Å². The Morgan fingerprint density at radius 1 is 0.971 bits per heavy atom. The largest absolute Gasteiger partial charge is 0.458 e. The molecule has 202 valence electrons. The molecule has 0 amide bonds. The van der Waals surface area contributed by atoms with Crippen LogP contribution in [0, 0.1) is 17.8 Å². The summed E-state index contributed by atoms with van der Waals surface area (Å²) in [6.07, 6.45) is 17.0. The first-order valence-electron chi connectivity index (χ1n) is 13.9. The lowest BCUT2D eigenvalue weighted by Crippen LogP contribution is -2.32. The van der Waals surface area contributed by atoms with Gasteiger partial charge in [0.05, 0.1) is 24.2 Å². The molecular weight excluding hydrogens is 440 g/mol.